The molecule has 2 atom stereocenters. The van der Waals surface area contributed by atoms with Gasteiger partial charge in [-0.25, -0.2) is 0 Å². The number of hydrogen-bond acceptors (Lipinski definition) is 3. The van der Waals surface area contributed by atoms with Crippen LogP contribution in [-0.4, -0.2) is 44.2 Å². The summed E-state index contributed by atoms with van der Waals surface area (Å²) in [6.07, 6.45) is -0.645. The SMILES string of the molecule is CC1OB(C(C)(C)C)OC1C(=O)N(C)C. The lowest BCUT2D eigenvalue weighted by Crippen LogP contribution is -2.39. The molecule has 1 aliphatic rings. The largest absolute Gasteiger partial charge is 0.463 e. The first-order valence-corrected chi connectivity index (χ1v) is 5.25. The van der Waals surface area contributed by atoms with Crippen molar-refractivity contribution >= 4 is 13.0 Å². The van der Waals surface area contributed by atoms with Gasteiger partial charge in [0.25, 0.3) is 5.91 Å². The van der Waals surface area contributed by atoms with Crippen LogP contribution in [-0.2, 0) is 14.1 Å². The van der Waals surface area contributed by atoms with Crippen molar-refractivity contribution in [2.45, 2.75) is 45.2 Å². The Labute approximate surface area is 92.1 Å². The molecule has 0 spiro atoms. The monoisotopic (exact) mass is 213 g/mol. The van der Waals surface area contributed by atoms with Crippen molar-refractivity contribution in [1.29, 1.82) is 0 Å². The van der Waals surface area contributed by atoms with Gasteiger partial charge in [-0.2, -0.15) is 0 Å². The minimum Gasteiger partial charge on any atom is -0.405 e. The van der Waals surface area contributed by atoms with E-state index in [0.29, 0.717) is 0 Å². The molecule has 0 saturated carbocycles. The zero-order valence-electron chi connectivity index (χ0n) is 10.4. The molecule has 5 heteroatoms. The van der Waals surface area contributed by atoms with E-state index in [4.69, 9.17) is 9.31 Å². The van der Waals surface area contributed by atoms with E-state index in [1.54, 1.807) is 14.1 Å². The maximum absolute atomic E-state index is 11.7. The highest BCUT2D eigenvalue weighted by Crippen LogP contribution is 2.34. The van der Waals surface area contributed by atoms with Crippen LogP contribution in [0.2, 0.25) is 5.31 Å². The van der Waals surface area contributed by atoms with Crippen LogP contribution < -0.4 is 0 Å². The number of nitrogens with zero attached hydrogens (tertiary/aromatic N) is 1. The van der Waals surface area contributed by atoms with Gasteiger partial charge in [0.2, 0.25) is 0 Å². The Morgan fingerprint density at radius 2 is 1.80 bits per heavy atom. The lowest BCUT2D eigenvalue weighted by atomic mass is 9.61. The van der Waals surface area contributed by atoms with E-state index in [0.717, 1.165) is 0 Å². The van der Waals surface area contributed by atoms with Crippen molar-refractivity contribution in [3.63, 3.8) is 0 Å². The maximum Gasteiger partial charge on any atom is 0.463 e. The average Bonchev–Trinajstić information content (AvgIpc) is 2.45. The Bertz CT molecular complexity index is 250. The maximum atomic E-state index is 11.7. The molecule has 1 amide bonds. The molecule has 15 heavy (non-hydrogen) atoms. The lowest BCUT2D eigenvalue weighted by molar-refractivity contribution is -0.136. The molecule has 1 fully saturated rings. The van der Waals surface area contributed by atoms with Gasteiger partial charge in [-0.1, -0.05) is 20.8 Å². The van der Waals surface area contributed by atoms with Crippen LogP contribution in [0.15, 0.2) is 0 Å². The highest BCUT2D eigenvalue weighted by atomic mass is 16.7. The molecule has 1 heterocycles. The Morgan fingerprint density at radius 1 is 1.27 bits per heavy atom. The predicted octanol–water partition coefficient (Wildman–Crippen LogP) is 1.17. The molecule has 0 aliphatic carbocycles. The second-order valence-corrected chi connectivity index (χ2v) is 5.33. The van der Waals surface area contributed by atoms with E-state index in [1.165, 1.54) is 4.90 Å². The van der Waals surface area contributed by atoms with Gasteiger partial charge in [0, 0.05) is 14.1 Å². The third-order valence-electron chi connectivity index (χ3n) is 2.43. The molecule has 1 aliphatic heterocycles. The van der Waals surface area contributed by atoms with E-state index < -0.39 is 6.10 Å². The molecule has 0 aromatic rings. The third kappa shape index (κ3) is 2.72. The van der Waals surface area contributed by atoms with Crippen LogP contribution in [0.5, 0.6) is 0 Å². The average molecular weight is 213 g/mol. The van der Waals surface area contributed by atoms with Gasteiger partial charge in [0.1, 0.15) is 6.10 Å². The summed E-state index contributed by atoms with van der Waals surface area (Å²) in [4.78, 5) is 13.3. The fraction of sp³-hybridized carbons (Fsp3) is 0.900. The van der Waals surface area contributed by atoms with Crippen LogP contribution in [0.4, 0.5) is 0 Å². The summed E-state index contributed by atoms with van der Waals surface area (Å²) in [6.45, 7) is 7.98. The van der Waals surface area contributed by atoms with Crippen LogP contribution in [0, 0.1) is 0 Å². The minimum atomic E-state index is -0.468. The van der Waals surface area contributed by atoms with Gasteiger partial charge < -0.3 is 14.2 Å². The first kappa shape index (κ1) is 12.5. The van der Waals surface area contributed by atoms with Gasteiger partial charge in [-0.3, -0.25) is 4.79 Å². The molecule has 4 nitrogen and oxygen atoms in total. The minimum absolute atomic E-state index is 0.0331. The van der Waals surface area contributed by atoms with Gasteiger partial charge >= 0.3 is 7.12 Å². The molecule has 1 rings (SSSR count). The highest BCUT2D eigenvalue weighted by Gasteiger charge is 2.47. The van der Waals surface area contributed by atoms with Crippen molar-refractivity contribution in [1.82, 2.24) is 4.90 Å². The number of carbonyl (C=O) groups excluding carboxylic acids is 1. The lowest BCUT2D eigenvalue weighted by Gasteiger charge is -2.21. The highest BCUT2D eigenvalue weighted by molar-refractivity contribution is 6.49. The van der Waals surface area contributed by atoms with E-state index >= 15 is 0 Å². The van der Waals surface area contributed by atoms with Crippen molar-refractivity contribution in [3.05, 3.63) is 0 Å². The fourth-order valence-electron chi connectivity index (χ4n) is 1.46. The van der Waals surface area contributed by atoms with Gasteiger partial charge in [0.05, 0.1) is 6.10 Å². The second-order valence-electron chi connectivity index (χ2n) is 5.33. The van der Waals surface area contributed by atoms with Crippen molar-refractivity contribution in [2.75, 3.05) is 14.1 Å². The zero-order valence-corrected chi connectivity index (χ0v) is 10.4. The summed E-state index contributed by atoms with van der Waals surface area (Å²) in [5, 5.41) is -0.102. The number of rotatable bonds is 1. The normalized spacial score (nSPS) is 26.9. The van der Waals surface area contributed by atoms with E-state index in [1.807, 2.05) is 27.7 Å². The standard InChI is InChI=1S/C10H20BNO3/c1-7-8(9(13)12(5)6)15-11(14-7)10(2,3)4/h7-8H,1-6H3. The molecule has 0 N–H and O–H groups in total. The first-order valence-electron chi connectivity index (χ1n) is 5.25. The molecular formula is C10H20BNO3. The first-order chi connectivity index (χ1) is 6.73. The quantitative estimate of drug-likeness (QED) is 0.613. The molecule has 0 aromatic heterocycles. The molecule has 0 radical (unpaired) electrons. The molecule has 1 saturated heterocycles. The summed E-state index contributed by atoms with van der Waals surface area (Å²) >= 11 is 0. The van der Waals surface area contributed by atoms with Crippen molar-refractivity contribution in [2.24, 2.45) is 0 Å². The zero-order chi connectivity index (χ0) is 11.8. The molecule has 0 bridgehead atoms. The second kappa shape index (κ2) is 4.14. The number of amides is 1. The van der Waals surface area contributed by atoms with Crippen LogP contribution in [0.3, 0.4) is 0 Å². The molecular weight excluding hydrogens is 193 g/mol. The van der Waals surface area contributed by atoms with Crippen molar-refractivity contribution < 1.29 is 14.1 Å². The van der Waals surface area contributed by atoms with Gasteiger partial charge in [-0.05, 0) is 12.2 Å². The Hall–Kier alpha value is -0.545. The molecule has 86 valence electrons. The summed E-state index contributed by atoms with van der Waals surface area (Å²) in [5.74, 6) is -0.0331. The summed E-state index contributed by atoms with van der Waals surface area (Å²) in [6, 6.07) is 0. The number of likely N-dealkylation sites (N-methyl/N-ethyl adjacent to an activating group) is 1. The predicted molar refractivity (Wildman–Crippen MR) is 59.6 cm³/mol. The van der Waals surface area contributed by atoms with E-state index in [-0.39, 0.29) is 24.4 Å². The summed E-state index contributed by atoms with van der Waals surface area (Å²) in [7, 11) is 3.15. The summed E-state index contributed by atoms with van der Waals surface area (Å²) in [5.41, 5.74) is 0. The Kier molecular flexibility index (Phi) is 3.46. The van der Waals surface area contributed by atoms with Crippen molar-refractivity contribution in [3.8, 4) is 0 Å². The number of hydrogen-bond donors (Lipinski definition) is 0. The van der Waals surface area contributed by atoms with Gasteiger partial charge in [-0.15, -0.1) is 0 Å². The molecule has 0 aromatic carbocycles. The van der Waals surface area contributed by atoms with Gasteiger partial charge in [0.15, 0.2) is 0 Å². The summed E-state index contributed by atoms with van der Waals surface area (Å²) < 4.78 is 11.3. The van der Waals surface area contributed by atoms with Crippen LogP contribution in [0.1, 0.15) is 27.7 Å². The van der Waals surface area contributed by atoms with E-state index in [9.17, 15) is 4.79 Å². The fourth-order valence-corrected chi connectivity index (χ4v) is 1.46. The van der Waals surface area contributed by atoms with Crippen LogP contribution >= 0.6 is 0 Å². The smallest absolute Gasteiger partial charge is 0.405 e. The Balaban J connectivity index is 2.69. The van der Waals surface area contributed by atoms with E-state index in [2.05, 4.69) is 0 Å². The topological polar surface area (TPSA) is 38.8 Å². The number of carbonyl (C=O) groups is 1. The van der Waals surface area contributed by atoms with Crippen LogP contribution in [0.25, 0.3) is 0 Å². The Morgan fingerprint density at radius 3 is 2.13 bits per heavy atom. The molecule has 2 unspecified atom stereocenters. The third-order valence-corrected chi connectivity index (χ3v) is 2.43.